The van der Waals surface area contributed by atoms with Crippen molar-refractivity contribution in [3.05, 3.63) is 170 Å². The van der Waals surface area contributed by atoms with Crippen LogP contribution in [-0.2, 0) is 0 Å². The Morgan fingerprint density at radius 3 is 1.60 bits per heavy atom. The highest BCUT2D eigenvalue weighted by molar-refractivity contribution is 6.25. The summed E-state index contributed by atoms with van der Waals surface area (Å²) in [7, 11) is 0. The number of hydrogen-bond acceptors (Lipinski definition) is 1. The second-order valence-corrected chi connectivity index (χ2v) is 12.4. The molecule has 0 fully saturated rings. The number of ether oxygens (including phenoxy) is 1. The zero-order chi connectivity index (χ0) is 30.9. The highest BCUT2D eigenvalue weighted by Gasteiger charge is 2.24. The summed E-state index contributed by atoms with van der Waals surface area (Å²) in [6, 6.07) is 61.6. The van der Waals surface area contributed by atoms with Crippen LogP contribution in [0, 0.1) is 0 Å². The maximum atomic E-state index is 6.47. The number of fused-ring (bicyclic) bond motifs is 5. The van der Waals surface area contributed by atoms with Crippen LogP contribution in [-0.4, -0.2) is 0 Å². The van der Waals surface area contributed by atoms with Gasteiger partial charge >= 0.3 is 0 Å². The molecule has 47 heavy (non-hydrogen) atoms. The van der Waals surface area contributed by atoms with E-state index >= 15 is 0 Å². The predicted molar refractivity (Wildman–Crippen MR) is 198 cm³/mol. The lowest BCUT2D eigenvalue weighted by Gasteiger charge is -2.24. The molecule has 0 radical (unpaired) electrons. The van der Waals surface area contributed by atoms with Gasteiger partial charge in [-0.15, -0.1) is 0 Å². The van der Waals surface area contributed by atoms with Gasteiger partial charge in [-0.3, -0.25) is 0 Å². The molecule has 0 bridgehead atoms. The maximum absolute atomic E-state index is 6.47. The van der Waals surface area contributed by atoms with Crippen LogP contribution < -0.4 is 4.74 Å². The molecule has 9 aromatic carbocycles. The van der Waals surface area contributed by atoms with E-state index in [1.807, 2.05) is 6.07 Å². The topological polar surface area (TPSA) is 9.23 Å². The van der Waals surface area contributed by atoms with Gasteiger partial charge in [-0.2, -0.15) is 0 Å². The van der Waals surface area contributed by atoms with E-state index in [0.717, 1.165) is 17.1 Å². The summed E-state index contributed by atoms with van der Waals surface area (Å²) in [5, 5.41) is 9.85. The summed E-state index contributed by atoms with van der Waals surface area (Å²) in [6.45, 7) is 0. The molecule has 0 atom stereocenters. The Morgan fingerprint density at radius 2 is 0.851 bits per heavy atom. The van der Waals surface area contributed by atoms with Crippen molar-refractivity contribution >= 4 is 43.1 Å². The van der Waals surface area contributed by atoms with Crippen molar-refractivity contribution in [2.75, 3.05) is 0 Å². The predicted octanol–water partition coefficient (Wildman–Crippen LogP) is 13.1. The first-order chi connectivity index (χ1) is 23.3. The Hall–Kier alpha value is -6.18. The first-order valence-corrected chi connectivity index (χ1v) is 16.2. The van der Waals surface area contributed by atoms with Crippen molar-refractivity contribution in [1.82, 2.24) is 0 Å². The highest BCUT2D eigenvalue weighted by atomic mass is 16.5. The first kappa shape index (κ1) is 26.1. The second-order valence-electron chi connectivity index (χ2n) is 12.4. The quantitative estimate of drug-likeness (QED) is 0.184. The maximum Gasteiger partial charge on any atom is 0.135 e. The van der Waals surface area contributed by atoms with Gasteiger partial charge in [0.25, 0.3) is 0 Å². The van der Waals surface area contributed by atoms with Crippen LogP contribution in [0.3, 0.4) is 0 Å². The molecule has 0 amide bonds. The van der Waals surface area contributed by atoms with E-state index < -0.39 is 0 Å². The third-order valence-corrected chi connectivity index (χ3v) is 9.86. The Morgan fingerprint density at radius 1 is 0.298 bits per heavy atom. The molecule has 0 spiro atoms. The molecule has 1 heterocycles. The summed E-state index contributed by atoms with van der Waals surface area (Å²) in [6.07, 6.45) is 0. The van der Waals surface area contributed by atoms with Gasteiger partial charge in [0.05, 0.1) is 0 Å². The summed E-state index contributed by atoms with van der Waals surface area (Å²) in [5.41, 5.74) is 9.79. The number of rotatable bonds is 3. The van der Waals surface area contributed by atoms with Crippen LogP contribution in [0.2, 0.25) is 0 Å². The third kappa shape index (κ3) is 3.90. The summed E-state index contributed by atoms with van der Waals surface area (Å²) >= 11 is 0. The zero-order valence-corrected chi connectivity index (χ0v) is 25.6. The largest absolute Gasteiger partial charge is 0.456 e. The van der Waals surface area contributed by atoms with Crippen LogP contribution in [0.4, 0.5) is 0 Å². The second kappa shape index (κ2) is 10.2. The van der Waals surface area contributed by atoms with E-state index in [1.54, 1.807) is 0 Å². The van der Waals surface area contributed by atoms with Crippen LogP contribution in [0.1, 0.15) is 0 Å². The van der Waals surface area contributed by atoms with E-state index in [9.17, 15) is 0 Å². The van der Waals surface area contributed by atoms with Crippen molar-refractivity contribution in [3.63, 3.8) is 0 Å². The van der Waals surface area contributed by atoms with Gasteiger partial charge in [0.2, 0.25) is 0 Å². The van der Waals surface area contributed by atoms with E-state index in [-0.39, 0.29) is 0 Å². The fourth-order valence-corrected chi connectivity index (χ4v) is 7.82. The molecule has 9 aromatic rings. The molecule has 0 unspecified atom stereocenters. The monoisotopic (exact) mass is 596 g/mol. The van der Waals surface area contributed by atoms with Gasteiger partial charge in [-0.25, -0.2) is 0 Å². The first-order valence-electron chi connectivity index (χ1n) is 16.2. The van der Waals surface area contributed by atoms with Gasteiger partial charge in [0, 0.05) is 10.9 Å². The van der Waals surface area contributed by atoms with Gasteiger partial charge in [0.1, 0.15) is 11.5 Å². The molecular formula is C46H28O. The lowest BCUT2D eigenvalue weighted by molar-refractivity contribution is 0.487. The van der Waals surface area contributed by atoms with E-state index in [2.05, 4.69) is 164 Å². The average molecular weight is 597 g/mol. The minimum atomic E-state index is 0.908. The number of hydrogen-bond donors (Lipinski definition) is 0. The SMILES string of the molecule is c1ccc2c(c1)Oc1ccc(-c3c4ccccc4c(-c4ccccc4-c4ccc5ccccc5c4)c4ccccc34)c3cccc-2c13. The molecule has 0 saturated heterocycles. The normalized spacial score (nSPS) is 12.0. The average Bonchev–Trinajstić information content (AvgIpc) is 3.14. The summed E-state index contributed by atoms with van der Waals surface area (Å²) in [4.78, 5) is 0. The molecule has 0 aromatic heterocycles. The fraction of sp³-hybridized carbons (Fsp3) is 0. The van der Waals surface area contributed by atoms with Gasteiger partial charge in [-0.1, -0.05) is 146 Å². The molecular weight excluding hydrogens is 569 g/mol. The van der Waals surface area contributed by atoms with E-state index in [0.29, 0.717) is 0 Å². The molecule has 1 aliphatic rings. The number of para-hydroxylation sites is 1. The third-order valence-electron chi connectivity index (χ3n) is 9.86. The molecule has 1 aliphatic heterocycles. The molecule has 10 rings (SSSR count). The van der Waals surface area contributed by atoms with Crippen LogP contribution >= 0.6 is 0 Å². The van der Waals surface area contributed by atoms with Gasteiger partial charge in [0.15, 0.2) is 0 Å². The van der Waals surface area contributed by atoms with Crippen molar-refractivity contribution < 1.29 is 4.74 Å². The Balaban J connectivity index is 1.28. The molecule has 218 valence electrons. The zero-order valence-electron chi connectivity index (χ0n) is 25.6. The molecule has 0 saturated carbocycles. The van der Waals surface area contributed by atoms with E-state index in [4.69, 9.17) is 4.74 Å². The molecule has 1 heteroatoms. The summed E-state index contributed by atoms with van der Waals surface area (Å²) in [5.74, 6) is 1.82. The number of benzene rings is 9. The van der Waals surface area contributed by atoms with Crippen LogP contribution in [0.25, 0.3) is 87.6 Å². The van der Waals surface area contributed by atoms with Gasteiger partial charge < -0.3 is 4.74 Å². The van der Waals surface area contributed by atoms with Crippen LogP contribution in [0.15, 0.2) is 170 Å². The Bertz CT molecular complexity index is 2660. The smallest absolute Gasteiger partial charge is 0.135 e. The minimum absolute atomic E-state index is 0.908. The standard InChI is InChI=1S/C46H28O/c1-2-13-30-28-31(25-24-29(30)12-1)32-14-3-4-16-34(32)44-36-17-5-7-19-38(36)45(39-20-8-6-18-37(39)44)41-26-27-43-46-35(21-11-22-40(41)46)33-15-9-10-23-42(33)47-43/h1-28H. The lowest BCUT2D eigenvalue weighted by Crippen LogP contribution is -1.98. The molecule has 0 aliphatic carbocycles. The lowest BCUT2D eigenvalue weighted by atomic mass is 9.82. The minimum Gasteiger partial charge on any atom is -0.456 e. The Labute approximate surface area is 272 Å². The molecule has 0 N–H and O–H groups in total. The molecule has 1 nitrogen and oxygen atoms in total. The van der Waals surface area contributed by atoms with Crippen molar-refractivity contribution in [2.45, 2.75) is 0 Å². The van der Waals surface area contributed by atoms with Crippen molar-refractivity contribution in [3.8, 4) is 56.0 Å². The Kier molecular flexibility index (Phi) is 5.64. The van der Waals surface area contributed by atoms with Crippen LogP contribution in [0.5, 0.6) is 11.5 Å². The van der Waals surface area contributed by atoms with E-state index in [1.165, 1.54) is 82.0 Å². The van der Waals surface area contributed by atoms with Crippen molar-refractivity contribution in [1.29, 1.82) is 0 Å². The highest BCUT2D eigenvalue weighted by Crippen LogP contribution is 2.51. The summed E-state index contributed by atoms with van der Waals surface area (Å²) < 4.78 is 6.47. The fourth-order valence-electron chi connectivity index (χ4n) is 7.82. The van der Waals surface area contributed by atoms with Gasteiger partial charge in [-0.05, 0) is 101 Å². The van der Waals surface area contributed by atoms with Crippen molar-refractivity contribution in [2.24, 2.45) is 0 Å².